The second kappa shape index (κ2) is 9.94. The van der Waals surface area contributed by atoms with Gasteiger partial charge in [0.2, 0.25) is 0 Å². The highest BCUT2D eigenvalue weighted by atomic mass is 35.5. The lowest BCUT2D eigenvalue weighted by Gasteiger charge is -2.14. The van der Waals surface area contributed by atoms with Gasteiger partial charge in [-0.15, -0.1) is 0 Å². The van der Waals surface area contributed by atoms with Gasteiger partial charge in [-0.1, -0.05) is 58.0 Å². The molecule has 4 nitrogen and oxygen atoms in total. The average Bonchev–Trinajstić information content (AvgIpc) is 2.66. The molecule has 2 aromatic carbocycles. The SMILES string of the molecule is COc1ccc(C(C)=O)cc1OCCCOc1c(Cl)c(Cl)c(Cl)c(Cl)c1Cl. The topological polar surface area (TPSA) is 44.8 Å². The second-order valence-corrected chi connectivity index (χ2v) is 7.26. The summed E-state index contributed by atoms with van der Waals surface area (Å²) >= 11 is 30.1. The Bertz CT molecular complexity index is 825. The van der Waals surface area contributed by atoms with Crippen LogP contribution in [0.1, 0.15) is 23.7 Å². The van der Waals surface area contributed by atoms with Crippen LogP contribution in [0.25, 0.3) is 0 Å². The van der Waals surface area contributed by atoms with Crippen LogP contribution < -0.4 is 14.2 Å². The molecule has 27 heavy (non-hydrogen) atoms. The highest BCUT2D eigenvalue weighted by molar-refractivity contribution is 6.55. The van der Waals surface area contributed by atoms with Crippen molar-refractivity contribution in [1.29, 1.82) is 0 Å². The molecular formula is C18H15Cl5O4. The molecular weight excluding hydrogens is 457 g/mol. The first kappa shape index (κ1) is 22.3. The van der Waals surface area contributed by atoms with Crippen molar-refractivity contribution in [3.8, 4) is 17.2 Å². The van der Waals surface area contributed by atoms with Gasteiger partial charge in [0.25, 0.3) is 0 Å². The van der Waals surface area contributed by atoms with Crippen LogP contribution in [-0.4, -0.2) is 26.1 Å². The molecule has 0 aliphatic carbocycles. The fourth-order valence-electron chi connectivity index (χ4n) is 2.14. The van der Waals surface area contributed by atoms with Crippen molar-refractivity contribution < 1.29 is 19.0 Å². The molecule has 0 radical (unpaired) electrons. The first-order valence-electron chi connectivity index (χ1n) is 7.74. The third-order valence-corrected chi connectivity index (χ3v) is 5.77. The average molecular weight is 473 g/mol. The van der Waals surface area contributed by atoms with Gasteiger partial charge in [0.05, 0.1) is 35.4 Å². The number of rotatable bonds is 8. The molecule has 0 aliphatic heterocycles. The first-order chi connectivity index (χ1) is 12.8. The molecule has 0 aliphatic rings. The maximum absolute atomic E-state index is 11.5. The molecule has 0 bridgehead atoms. The minimum Gasteiger partial charge on any atom is -0.493 e. The van der Waals surface area contributed by atoms with Crippen LogP contribution in [0.2, 0.25) is 25.1 Å². The van der Waals surface area contributed by atoms with E-state index in [1.807, 2.05) is 0 Å². The zero-order chi connectivity index (χ0) is 20.1. The van der Waals surface area contributed by atoms with E-state index < -0.39 is 0 Å². The molecule has 9 heteroatoms. The van der Waals surface area contributed by atoms with E-state index >= 15 is 0 Å². The molecule has 0 aromatic heterocycles. The van der Waals surface area contributed by atoms with Crippen molar-refractivity contribution in [3.05, 3.63) is 48.9 Å². The van der Waals surface area contributed by atoms with Gasteiger partial charge in [0.15, 0.2) is 23.0 Å². The number of carbonyl (C=O) groups is 1. The number of methoxy groups -OCH3 is 1. The third kappa shape index (κ3) is 5.27. The van der Waals surface area contributed by atoms with Crippen LogP contribution in [0.15, 0.2) is 18.2 Å². The van der Waals surface area contributed by atoms with E-state index in [2.05, 4.69) is 0 Å². The molecule has 2 rings (SSSR count). The lowest BCUT2D eigenvalue weighted by Crippen LogP contribution is -2.07. The molecule has 0 saturated carbocycles. The standard InChI is InChI=1S/C18H15Cl5O4/c1-9(24)10-4-5-11(25-2)12(8-10)26-6-3-7-27-18-16(22)14(20)13(19)15(21)17(18)23/h4-5,8H,3,6-7H2,1-2H3. The molecule has 0 fully saturated rings. The summed E-state index contributed by atoms with van der Waals surface area (Å²) in [4.78, 5) is 11.5. The van der Waals surface area contributed by atoms with Gasteiger partial charge < -0.3 is 14.2 Å². The van der Waals surface area contributed by atoms with Crippen LogP contribution in [0.5, 0.6) is 17.2 Å². The van der Waals surface area contributed by atoms with E-state index in [0.717, 1.165) is 0 Å². The minimum absolute atomic E-state index is 0.0633. The summed E-state index contributed by atoms with van der Waals surface area (Å²) in [5, 5.41) is 0.400. The summed E-state index contributed by atoms with van der Waals surface area (Å²) in [6, 6.07) is 4.99. The summed E-state index contributed by atoms with van der Waals surface area (Å²) in [6.07, 6.45) is 0.498. The maximum Gasteiger partial charge on any atom is 0.161 e. The fourth-order valence-corrected chi connectivity index (χ4v) is 3.37. The van der Waals surface area contributed by atoms with Gasteiger partial charge in [-0.2, -0.15) is 0 Å². The summed E-state index contributed by atoms with van der Waals surface area (Å²) in [5.74, 6) is 1.10. The number of hydrogen-bond donors (Lipinski definition) is 0. The zero-order valence-corrected chi connectivity index (χ0v) is 18.2. The van der Waals surface area contributed by atoms with Crippen molar-refractivity contribution in [2.45, 2.75) is 13.3 Å². The molecule has 0 saturated heterocycles. The minimum atomic E-state index is -0.0633. The molecule has 146 valence electrons. The number of Topliss-reactive ketones (excluding diaryl/α,β-unsaturated/α-hetero) is 1. The molecule has 0 N–H and O–H groups in total. The van der Waals surface area contributed by atoms with Crippen LogP contribution >= 0.6 is 58.0 Å². The Labute approximate surface area is 182 Å². The number of ether oxygens (including phenoxy) is 3. The van der Waals surface area contributed by atoms with Crippen LogP contribution in [0.3, 0.4) is 0 Å². The highest BCUT2D eigenvalue weighted by Gasteiger charge is 2.20. The van der Waals surface area contributed by atoms with E-state index in [4.69, 9.17) is 72.2 Å². The van der Waals surface area contributed by atoms with E-state index in [1.165, 1.54) is 14.0 Å². The molecule has 2 aromatic rings. The molecule has 0 unspecified atom stereocenters. The van der Waals surface area contributed by atoms with Gasteiger partial charge in [-0.25, -0.2) is 0 Å². The maximum atomic E-state index is 11.5. The summed E-state index contributed by atoms with van der Waals surface area (Å²) < 4.78 is 16.5. The van der Waals surface area contributed by atoms with Crippen molar-refractivity contribution in [1.82, 2.24) is 0 Å². The predicted molar refractivity (Wildman–Crippen MR) is 110 cm³/mol. The smallest absolute Gasteiger partial charge is 0.161 e. The molecule has 0 atom stereocenters. The Morgan fingerprint density at radius 3 is 1.96 bits per heavy atom. The first-order valence-corrected chi connectivity index (χ1v) is 9.62. The van der Waals surface area contributed by atoms with E-state index in [-0.39, 0.29) is 43.3 Å². The largest absolute Gasteiger partial charge is 0.493 e. The van der Waals surface area contributed by atoms with Gasteiger partial charge in [-0.05, 0) is 25.1 Å². The summed E-state index contributed by atoms with van der Waals surface area (Å²) in [7, 11) is 1.52. The molecule has 0 heterocycles. The number of hydrogen-bond acceptors (Lipinski definition) is 4. The lowest BCUT2D eigenvalue weighted by atomic mass is 10.1. The summed E-state index contributed by atoms with van der Waals surface area (Å²) in [6.45, 7) is 2.03. The summed E-state index contributed by atoms with van der Waals surface area (Å²) in [5.41, 5.74) is 0.533. The van der Waals surface area contributed by atoms with Crippen molar-refractivity contribution in [2.24, 2.45) is 0 Å². The monoisotopic (exact) mass is 470 g/mol. The van der Waals surface area contributed by atoms with E-state index in [0.29, 0.717) is 30.1 Å². The van der Waals surface area contributed by atoms with Gasteiger partial charge >= 0.3 is 0 Å². The van der Waals surface area contributed by atoms with Crippen LogP contribution in [0, 0.1) is 0 Å². The van der Waals surface area contributed by atoms with Crippen molar-refractivity contribution >= 4 is 63.8 Å². The van der Waals surface area contributed by atoms with E-state index in [1.54, 1.807) is 18.2 Å². The van der Waals surface area contributed by atoms with Crippen LogP contribution in [0.4, 0.5) is 0 Å². The zero-order valence-electron chi connectivity index (χ0n) is 14.4. The third-order valence-electron chi connectivity index (χ3n) is 3.53. The fraction of sp³-hybridized carbons (Fsp3) is 0.278. The number of benzene rings is 2. The number of ketones is 1. The Morgan fingerprint density at radius 2 is 1.41 bits per heavy atom. The van der Waals surface area contributed by atoms with Gasteiger partial charge in [-0.3, -0.25) is 4.79 Å². The Kier molecular flexibility index (Phi) is 8.20. The molecule has 0 spiro atoms. The van der Waals surface area contributed by atoms with Crippen LogP contribution in [-0.2, 0) is 0 Å². The predicted octanol–water partition coefficient (Wildman–Crippen LogP) is 7.01. The number of halogens is 5. The lowest BCUT2D eigenvalue weighted by molar-refractivity contribution is 0.101. The Hall–Kier alpha value is -1.04. The van der Waals surface area contributed by atoms with Crippen molar-refractivity contribution in [2.75, 3.05) is 20.3 Å². The van der Waals surface area contributed by atoms with Crippen molar-refractivity contribution in [3.63, 3.8) is 0 Å². The van der Waals surface area contributed by atoms with Gasteiger partial charge in [0.1, 0.15) is 10.0 Å². The quantitative estimate of drug-likeness (QED) is 0.179. The second-order valence-electron chi connectivity index (χ2n) is 5.37. The highest BCUT2D eigenvalue weighted by Crippen LogP contribution is 2.48. The molecule has 0 amide bonds. The Morgan fingerprint density at radius 1 is 0.852 bits per heavy atom. The van der Waals surface area contributed by atoms with Gasteiger partial charge in [0, 0.05) is 12.0 Å². The number of carbonyl (C=O) groups excluding carboxylic acids is 1. The Balaban J connectivity index is 1.97. The normalized spacial score (nSPS) is 10.6. The van der Waals surface area contributed by atoms with E-state index in [9.17, 15) is 4.79 Å².